The van der Waals surface area contributed by atoms with Crippen molar-refractivity contribution in [3.8, 4) is 11.3 Å². The van der Waals surface area contributed by atoms with Gasteiger partial charge in [-0.05, 0) is 55.5 Å². The number of imidazole rings is 1. The minimum Gasteiger partial charge on any atom is -0.376 e. The van der Waals surface area contributed by atoms with Gasteiger partial charge in [-0.1, -0.05) is 48.2 Å². The van der Waals surface area contributed by atoms with E-state index in [1.165, 1.54) is 22.9 Å². The Bertz CT molecular complexity index is 1010. The van der Waals surface area contributed by atoms with Crippen LogP contribution in [0.25, 0.3) is 11.3 Å². The highest BCUT2D eigenvalue weighted by molar-refractivity contribution is 7.99. The molecule has 0 aliphatic carbocycles. The van der Waals surface area contributed by atoms with Crippen molar-refractivity contribution >= 4 is 23.4 Å². The van der Waals surface area contributed by atoms with Gasteiger partial charge in [0.15, 0.2) is 5.16 Å². The van der Waals surface area contributed by atoms with Crippen LogP contribution in [0.2, 0.25) is 0 Å². The first-order valence-electron chi connectivity index (χ1n) is 10.3. The summed E-state index contributed by atoms with van der Waals surface area (Å²) in [6.07, 6.45) is 4.25. The topological polar surface area (TPSA) is 56.2 Å². The summed E-state index contributed by atoms with van der Waals surface area (Å²) >= 11 is 1.46. The summed E-state index contributed by atoms with van der Waals surface area (Å²) in [4.78, 5) is 17.2. The Morgan fingerprint density at radius 2 is 2.03 bits per heavy atom. The number of hydrogen-bond donors (Lipinski definition) is 1. The lowest BCUT2D eigenvalue weighted by Gasteiger charge is -2.16. The number of anilines is 1. The third-order valence-electron chi connectivity index (χ3n) is 5.42. The number of rotatable bonds is 7. The quantitative estimate of drug-likeness (QED) is 0.541. The van der Waals surface area contributed by atoms with Crippen molar-refractivity contribution in [1.29, 1.82) is 0 Å². The molecule has 4 rings (SSSR count). The van der Waals surface area contributed by atoms with E-state index in [0.29, 0.717) is 5.75 Å². The van der Waals surface area contributed by atoms with Gasteiger partial charge < -0.3 is 14.6 Å². The van der Waals surface area contributed by atoms with E-state index in [9.17, 15) is 4.79 Å². The molecule has 1 aliphatic rings. The summed E-state index contributed by atoms with van der Waals surface area (Å²) in [6.45, 7) is 5.69. The van der Waals surface area contributed by atoms with Gasteiger partial charge in [-0.15, -0.1) is 0 Å². The third-order valence-corrected chi connectivity index (χ3v) is 6.41. The minimum absolute atomic E-state index is 0.0313. The van der Waals surface area contributed by atoms with Crippen LogP contribution in [0.3, 0.4) is 0 Å². The predicted molar refractivity (Wildman–Crippen MR) is 122 cm³/mol. The lowest BCUT2D eigenvalue weighted by Crippen LogP contribution is -2.18. The fraction of sp³-hybridized carbons (Fsp3) is 0.333. The molecular formula is C24H27N3O2S. The Hall–Kier alpha value is -2.57. The first-order valence-corrected chi connectivity index (χ1v) is 11.3. The Morgan fingerprint density at radius 3 is 2.77 bits per heavy atom. The van der Waals surface area contributed by atoms with Crippen molar-refractivity contribution in [2.75, 3.05) is 17.7 Å². The van der Waals surface area contributed by atoms with E-state index in [1.807, 2.05) is 49.5 Å². The van der Waals surface area contributed by atoms with Gasteiger partial charge in [-0.2, -0.15) is 0 Å². The maximum Gasteiger partial charge on any atom is 0.234 e. The highest BCUT2D eigenvalue weighted by Gasteiger charge is 2.21. The second kappa shape index (κ2) is 9.49. The molecule has 1 unspecified atom stereocenters. The van der Waals surface area contributed by atoms with Crippen LogP contribution >= 0.6 is 11.8 Å². The van der Waals surface area contributed by atoms with Gasteiger partial charge in [-0.25, -0.2) is 4.98 Å². The zero-order chi connectivity index (χ0) is 20.9. The molecule has 2 aromatic carbocycles. The standard InChI is InChI=1S/C24H27N3O2S/c1-17-10-11-20(13-18(17)2)26-23(28)16-30-24-25-14-22(19-7-4-3-5-8-19)27(24)15-21-9-6-12-29-21/h3-5,7-8,10-11,13-14,21H,6,9,12,15-16H2,1-2H3,(H,26,28). The minimum atomic E-state index is -0.0313. The van der Waals surface area contributed by atoms with E-state index in [0.717, 1.165) is 48.1 Å². The largest absolute Gasteiger partial charge is 0.376 e. The molecule has 0 spiro atoms. The molecule has 1 aliphatic heterocycles. The van der Waals surface area contributed by atoms with E-state index in [2.05, 4.69) is 33.9 Å². The molecule has 1 amide bonds. The third kappa shape index (κ3) is 4.94. The van der Waals surface area contributed by atoms with Crippen LogP contribution < -0.4 is 5.32 Å². The van der Waals surface area contributed by atoms with E-state index < -0.39 is 0 Å². The molecule has 5 nitrogen and oxygen atoms in total. The van der Waals surface area contributed by atoms with Gasteiger partial charge in [0.1, 0.15) is 0 Å². The molecule has 1 N–H and O–H groups in total. The van der Waals surface area contributed by atoms with Gasteiger partial charge in [0.05, 0.1) is 30.3 Å². The van der Waals surface area contributed by atoms with E-state index >= 15 is 0 Å². The average molecular weight is 422 g/mol. The molecule has 30 heavy (non-hydrogen) atoms. The first-order chi connectivity index (χ1) is 14.6. The monoisotopic (exact) mass is 421 g/mol. The van der Waals surface area contributed by atoms with Gasteiger partial charge in [-0.3, -0.25) is 4.79 Å². The Labute approximate surface area is 181 Å². The van der Waals surface area contributed by atoms with Crippen molar-refractivity contribution in [2.45, 2.75) is 44.5 Å². The highest BCUT2D eigenvalue weighted by Crippen LogP contribution is 2.28. The van der Waals surface area contributed by atoms with Gasteiger partial charge in [0.25, 0.3) is 0 Å². The van der Waals surface area contributed by atoms with Gasteiger partial charge in [0, 0.05) is 12.3 Å². The maximum absolute atomic E-state index is 12.5. The van der Waals surface area contributed by atoms with Gasteiger partial charge >= 0.3 is 0 Å². The lowest BCUT2D eigenvalue weighted by atomic mass is 10.1. The van der Waals surface area contributed by atoms with Crippen LogP contribution in [0.5, 0.6) is 0 Å². The van der Waals surface area contributed by atoms with Crippen molar-refractivity contribution < 1.29 is 9.53 Å². The molecule has 0 saturated carbocycles. The zero-order valence-electron chi connectivity index (χ0n) is 17.4. The number of hydrogen-bond acceptors (Lipinski definition) is 4. The molecule has 0 radical (unpaired) electrons. The second-order valence-electron chi connectivity index (χ2n) is 7.67. The predicted octanol–water partition coefficient (Wildman–Crippen LogP) is 5.08. The Kier molecular flexibility index (Phi) is 6.55. The number of carbonyl (C=O) groups excluding carboxylic acids is 1. The van der Waals surface area contributed by atoms with Crippen molar-refractivity contribution in [3.05, 3.63) is 65.9 Å². The molecule has 1 atom stereocenters. The van der Waals surface area contributed by atoms with Crippen LogP contribution in [-0.2, 0) is 16.1 Å². The summed E-state index contributed by atoms with van der Waals surface area (Å²) in [6, 6.07) is 16.2. The average Bonchev–Trinajstić information content (AvgIpc) is 3.40. The lowest BCUT2D eigenvalue weighted by molar-refractivity contribution is -0.113. The molecule has 1 fully saturated rings. The highest BCUT2D eigenvalue weighted by atomic mass is 32.2. The van der Waals surface area contributed by atoms with Crippen LogP contribution in [0.4, 0.5) is 5.69 Å². The summed E-state index contributed by atoms with van der Waals surface area (Å²) < 4.78 is 8.05. The molecule has 6 heteroatoms. The molecule has 1 saturated heterocycles. The number of ether oxygens (including phenoxy) is 1. The molecule has 2 heterocycles. The van der Waals surface area contributed by atoms with Gasteiger partial charge in [0.2, 0.25) is 5.91 Å². The number of aryl methyl sites for hydroxylation is 2. The number of carbonyl (C=O) groups is 1. The summed E-state index contributed by atoms with van der Waals surface area (Å²) in [5.41, 5.74) is 5.39. The molecule has 1 aromatic heterocycles. The smallest absolute Gasteiger partial charge is 0.234 e. The van der Waals surface area contributed by atoms with Crippen molar-refractivity contribution in [3.63, 3.8) is 0 Å². The maximum atomic E-state index is 12.5. The van der Waals surface area contributed by atoms with Crippen LogP contribution in [0, 0.1) is 13.8 Å². The van der Waals surface area contributed by atoms with Crippen LogP contribution in [0.1, 0.15) is 24.0 Å². The van der Waals surface area contributed by atoms with Crippen LogP contribution in [-0.4, -0.2) is 33.9 Å². The van der Waals surface area contributed by atoms with Crippen molar-refractivity contribution in [1.82, 2.24) is 9.55 Å². The van der Waals surface area contributed by atoms with E-state index in [-0.39, 0.29) is 12.0 Å². The number of amides is 1. The number of thioether (sulfide) groups is 1. The number of aromatic nitrogens is 2. The number of nitrogens with zero attached hydrogens (tertiary/aromatic N) is 2. The molecular weight excluding hydrogens is 394 g/mol. The van der Waals surface area contributed by atoms with Crippen LogP contribution in [0.15, 0.2) is 59.9 Å². The summed E-state index contributed by atoms with van der Waals surface area (Å²) in [5, 5.41) is 3.84. The zero-order valence-corrected chi connectivity index (χ0v) is 18.2. The normalized spacial score (nSPS) is 16.0. The first kappa shape index (κ1) is 20.7. The molecule has 3 aromatic rings. The van der Waals surface area contributed by atoms with Crippen molar-refractivity contribution in [2.24, 2.45) is 0 Å². The summed E-state index contributed by atoms with van der Waals surface area (Å²) in [7, 11) is 0. The number of benzene rings is 2. The fourth-order valence-corrected chi connectivity index (χ4v) is 4.42. The summed E-state index contributed by atoms with van der Waals surface area (Å²) in [5.74, 6) is 0.278. The Morgan fingerprint density at radius 1 is 1.20 bits per heavy atom. The second-order valence-corrected chi connectivity index (χ2v) is 8.62. The SMILES string of the molecule is Cc1ccc(NC(=O)CSc2ncc(-c3ccccc3)n2CC2CCCO2)cc1C. The fourth-order valence-electron chi connectivity index (χ4n) is 3.63. The number of nitrogens with one attached hydrogen (secondary N) is 1. The molecule has 156 valence electrons. The molecule has 0 bridgehead atoms. The Balaban J connectivity index is 1.48. The van der Waals surface area contributed by atoms with E-state index in [1.54, 1.807) is 0 Å². The van der Waals surface area contributed by atoms with E-state index in [4.69, 9.17) is 4.74 Å².